The van der Waals surface area contributed by atoms with Gasteiger partial charge in [-0.1, -0.05) is 0 Å². The number of methoxy groups -OCH3 is 1. The molecule has 90 valence electrons. The van der Waals surface area contributed by atoms with Crippen LogP contribution in [0.1, 0.15) is 0 Å². The number of rotatable bonds is 7. The van der Waals surface area contributed by atoms with Gasteiger partial charge in [0.25, 0.3) is 5.88 Å². The van der Waals surface area contributed by atoms with Crippen LogP contribution >= 0.6 is 0 Å². The molecule has 0 radical (unpaired) electrons. The third kappa shape index (κ3) is 4.37. The maximum atomic E-state index is 13.0. The van der Waals surface area contributed by atoms with Gasteiger partial charge in [-0.3, -0.25) is 0 Å². The van der Waals surface area contributed by atoms with E-state index in [1.54, 1.807) is 7.11 Å². The molecule has 1 rings (SSSR count). The Morgan fingerprint density at radius 1 is 1.31 bits per heavy atom. The Morgan fingerprint density at radius 2 is 2.06 bits per heavy atom. The van der Waals surface area contributed by atoms with E-state index in [9.17, 15) is 4.39 Å². The van der Waals surface area contributed by atoms with Gasteiger partial charge in [0.05, 0.1) is 26.0 Å². The summed E-state index contributed by atoms with van der Waals surface area (Å²) in [5, 5.41) is 0. The molecule has 0 aliphatic carbocycles. The van der Waals surface area contributed by atoms with Gasteiger partial charge in [0.2, 0.25) is 11.8 Å². The molecule has 0 saturated carbocycles. The third-order valence-corrected chi connectivity index (χ3v) is 1.63. The van der Waals surface area contributed by atoms with E-state index < -0.39 is 5.82 Å². The number of hydrogen-bond acceptors (Lipinski definition) is 6. The van der Waals surface area contributed by atoms with Crippen molar-refractivity contribution in [1.82, 2.24) is 9.97 Å². The van der Waals surface area contributed by atoms with Gasteiger partial charge in [0.15, 0.2) is 0 Å². The van der Waals surface area contributed by atoms with Crippen LogP contribution in [-0.2, 0) is 9.47 Å². The van der Waals surface area contributed by atoms with Crippen LogP contribution in [0, 0.1) is 5.82 Å². The van der Waals surface area contributed by atoms with Gasteiger partial charge in [-0.25, -0.2) is 4.98 Å². The largest absolute Gasteiger partial charge is 0.473 e. The van der Waals surface area contributed by atoms with E-state index in [0.717, 1.165) is 6.20 Å². The normalized spacial score (nSPS) is 10.4. The van der Waals surface area contributed by atoms with Crippen molar-refractivity contribution in [1.29, 1.82) is 0 Å². The van der Waals surface area contributed by atoms with E-state index in [1.807, 2.05) is 0 Å². The summed E-state index contributed by atoms with van der Waals surface area (Å²) in [6.45, 7) is 1.49. The highest BCUT2D eigenvalue weighted by molar-refractivity contribution is 5.22. The molecule has 2 N–H and O–H groups in total. The molecule has 0 spiro atoms. The minimum absolute atomic E-state index is 0.0308. The van der Waals surface area contributed by atoms with E-state index in [0.29, 0.717) is 19.8 Å². The van der Waals surface area contributed by atoms with Crippen LogP contribution in [0.2, 0.25) is 0 Å². The first-order chi connectivity index (χ1) is 7.74. The van der Waals surface area contributed by atoms with Gasteiger partial charge in [-0.2, -0.15) is 9.37 Å². The molecule has 0 saturated heterocycles. The van der Waals surface area contributed by atoms with Gasteiger partial charge in [0, 0.05) is 7.11 Å². The highest BCUT2D eigenvalue weighted by Crippen LogP contribution is 2.12. The molecule has 1 aromatic heterocycles. The van der Waals surface area contributed by atoms with Crippen molar-refractivity contribution < 1.29 is 18.6 Å². The average molecular weight is 231 g/mol. The van der Waals surface area contributed by atoms with Gasteiger partial charge < -0.3 is 19.9 Å². The van der Waals surface area contributed by atoms with Crippen LogP contribution in [0.25, 0.3) is 0 Å². The smallest absolute Gasteiger partial charge is 0.255 e. The molecule has 7 heteroatoms. The minimum Gasteiger partial charge on any atom is -0.473 e. The molecule has 6 nitrogen and oxygen atoms in total. The predicted molar refractivity (Wildman–Crippen MR) is 54.6 cm³/mol. The number of nitrogens with zero attached hydrogens (tertiary/aromatic N) is 2. The summed E-state index contributed by atoms with van der Waals surface area (Å²) < 4.78 is 28.0. The molecule has 1 aromatic rings. The molecule has 0 fully saturated rings. The van der Waals surface area contributed by atoms with Crippen molar-refractivity contribution in [3.8, 4) is 5.88 Å². The lowest BCUT2D eigenvalue weighted by atomic mass is 10.6. The summed E-state index contributed by atoms with van der Waals surface area (Å²) >= 11 is 0. The first-order valence-electron chi connectivity index (χ1n) is 4.71. The standard InChI is InChI=1S/C9H14FN3O3/c1-14-2-3-15-4-5-16-8-7(10)6-12-9(11)13-8/h6H,2-5H2,1H3,(H2,11,12,13). The fourth-order valence-electron chi connectivity index (χ4n) is 0.907. The summed E-state index contributed by atoms with van der Waals surface area (Å²) in [4.78, 5) is 7.07. The lowest BCUT2D eigenvalue weighted by Crippen LogP contribution is -2.12. The zero-order chi connectivity index (χ0) is 11.8. The molecule has 0 unspecified atom stereocenters. The Kier molecular flexibility index (Phi) is 5.44. The van der Waals surface area contributed by atoms with Crippen LogP contribution in [0.15, 0.2) is 6.20 Å². The van der Waals surface area contributed by atoms with Crippen LogP contribution in [-0.4, -0.2) is 43.5 Å². The zero-order valence-electron chi connectivity index (χ0n) is 8.98. The summed E-state index contributed by atoms with van der Waals surface area (Å²) in [6, 6.07) is 0. The Bertz CT molecular complexity index is 325. The molecule has 0 aliphatic rings. The van der Waals surface area contributed by atoms with E-state index in [1.165, 1.54) is 0 Å². The Balaban J connectivity index is 2.23. The Hall–Kier alpha value is -1.47. The van der Waals surface area contributed by atoms with Crippen molar-refractivity contribution in [3.05, 3.63) is 12.0 Å². The van der Waals surface area contributed by atoms with Crippen molar-refractivity contribution in [2.24, 2.45) is 0 Å². The SMILES string of the molecule is COCCOCCOc1nc(N)ncc1F. The minimum atomic E-state index is -0.647. The fraction of sp³-hybridized carbons (Fsp3) is 0.556. The molecule has 0 aliphatic heterocycles. The number of halogens is 1. The Morgan fingerprint density at radius 3 is 2.81 bits per heavy atom. The molecular weight excluding hydrogens is 217 g/mol. The van der Waals surface area contributed by atoms with Crippen LogP contribution < -0.4 is 10.5 Å². The van der Waals surface area contributed by atoms with Crippen molar-refractivity contribution >= 4 is 5.95 Å². The summed E-state index contributed by atoms with van der Waals surface area (Å²) in [6.07, 6.45) is 0.962. The Labute approximate surface area is 92.5 Å². The summed E-state index contributed by atoms with van der Waals surface area (Å²) in [5.74, 6) is -0.842. The van der Waals surface area contributed by atoms with Crippen molar-refractivity contribution in [2.75, 3.05) is 39.3 Å². The second-order valence-corrected chi connectivity index (χ2v) is 2.83. The number of hydrogen-bond donors (Lipinski definition) is 1. The fourth-order valence-corrected chi connectivity index (χ4v) is 0.907. The molecule has 0 amide bonds. The third-order valence-electron chi connectivity index (χ3n) is 1.63. The first kappa shape index (κ1) is 12.6. The molecule has 0 aromatic carbocycles. The zero-order valence-corrected chi connectivity index (χ0v) is 8.98. The lowest BCUT2D eigenvalue weighted by molar-refractivity contribution is 0.0529. The predicted octanol–water partition coefficient (Wildman–Crippen LogP) is 0.240. The second-order valence-electron chi connectivity index (χ2n) is 2.83. The van der Waals surface area contributed by atoms with Gasteiger partial charge >= 0.3 is 0 Å². The van der Waals surface area contributed by atoms with Crippen LogP contribution in [0.5, 0.6) is 5.88 Å². The molecule has 1 heterocycles. The molecule has 0 bridgehead atoms. The van der Waals surface area contributed by atoms with Gasteiger partial charge in [-0.05, 0) is 0 Å². The van der Waals surface area contributed by atoms with Gasteiger partial charge in [-0.15, -0.1) is 0 Å². The highest BCUT2D eigenvalue weighted by atomic mass is 19.1. The monoisotopic (exact) mass is 231 g/mol. The van der Waals surface area contributed by atoms with E-state index in [4.69, 9.17) is 19.9 Å². The van der Waals surface area contributed by atoms with Crippen LogP contribution in [0.3, 0.4) is 0 Å². The molecule has 16 heavy (non-hydrogen) atoms. The van der Waals surface area contributed by atoms with E-state index in [-0.39, 0.29) is 18.4 Å². The number of nitrogens with two attached hydrogens (primary N) is 1. The lowest BCUT2D eigenvalue weighted by Gasteiger charge is -2.06. The number of aromatic nitrogens is 2. The second kappa shape index (κ2) is 6.91. The van der Waals surface area contributed by atoms with Crippen molar-refractivity contribution in [3.63, 3.8) is 0 Å². The molecule has 0 atom stereocenters. The quantitative estimate of drug-likeness (QED) is 0.677. The molecular formula is C9H14FN3O3. The number of ether oxygens (including phenoxy) is 3. The summed E-state index contributed by atoms with van der Waals surface area (Å²) in [7, 11) is 1.58. The average Bonchev–Trinajstić information content (AvgIpc) is 2.28. The van der Waals surface area contributed by atoms with E-state index >= 15 is 0 Å². The first-order valence-corrected chi connectivity index (χ1v) is 4.71. The number of anilines is 1. The highest BCUT2D eigenvalue weighted by Gasteiger charge is 2.06. The maximum absolute atomic E-state index is 13.0. The van der Waals surface area contributed by atoms with Crippen molar-refractivity contribution in [2.45, 2.75) is 0 Å². The summed E-state index contributed by atoms with van der Waals surface area (Å²) in [5.41, 5.74) is 5.28. The maximum Gasteiger partial charge on any atom is 0.255 e. The van der Waals surface area contributed by atoms with Gasteiger partial charge in [0.1, 0.15) is 6.61 Å². The van der Waals surface area contributed by atoms with Crippen LogP contribution in [0.4, 0.5) is 10.3 Å². The number of nitrogen functional groups attached to an aromatic ring is 1. The van der Waals surface area contributed by atoms with E-state index in [2.05, 4.69) is 9.97 Å². The topological polar surface area (TPSA) is 79.5 Å².